The van der Waals surface area contributed by atoms with Crippen molar-refractivity contribution in [3.05, 3.63) is 0 Å². The molecule has 7 heteroatoms. The molecule has 0 saturated heterocycles. The standard InChI is InChI=1S/C18H27BrN2O4/c1-2-3-20-14(22)9-21-15(23)10-25-16(24)17-5-12-4-13(6-17)8-18(19,7-12)11-17/h12-13H,2-11H2,1H3,(H,20,22)(H,21,23)/t12-,13+,17?,18?. The van der Waals surface area contributed by atoms with Gasteiger partial charge in [0.25, 0.3) is 5.91 Å². The van der Waals surface area contributed by atoms with Gasteiger partial charge in [-0.2, -0.15) is 0 Å². The van der Waals surface area contributed by atoms with E-state index >= 15 is 0 Å². The molecule has 6 nitrogen and oxygen atoms in total. The zero-order valence-corrected chi connectivity index (χ0v) is 16.3. The lowest BCUT2D eigenvalue weighted by Gasteiger charge is -2.58. The molecular weight excluding hydrogens is 388 g/mol. The van der Waals surface area contributed by atoms with Gasteiger partial charge in [-0.1, -0.05) is 22.9 Å². The minimum atomic E-state index is -0.432. The molecule has 0 radical (unpaired) electrons. The topological polar surface area (TPSA) is 84.5 Å². The summed E-state index contributed by atoms with van der Waals surface area (Å²) in [5.41, 5.74) is -0.424. The molecular formula is C18H27BrN2O4. The zero-order chi connectivity index (χ0) is 18.1. The van der Waals surface area contributed by atoms with E-state index < -0.39 is 11.3 Å². The van der Waals surface area contributed by atoms with Gasteiger partial charge in [-0.25, -0.2) is 0 Å². The largest absolute Gasteiger partial charge is 0.455 e. The van der Waals surface area contributed by atoms with E-state index in [0.717, 1.165) is 38.5 Å². The minimum Gasteiger partial charge on any atom is -0.455 e. The van der Waals surface area contributed by atoms with Crippen molar-refractivity contribution in [3.63, 3.8) is 0 Å². The number of halogens is 1. The molecule has 0 heterocycles. The van der Waals surface area contributed by atoms with Crippen molar-refractivity contribution in [3.8, 4) is 0 Å². The summed E-state index contributed by atoms with van der Waals surface area (Å²) < 4.78 is 5.42. The van der Waals surface area contributed by atoms with Crippen LogP contribution in [0, 0.1) is 17.3 Å². The smallest absolute Gasteiger partial charge is 0.312 e. The third kappa shape index (κ3) is 4.18. The van der Waals surface area contributed by atoms with Crippen molar-refractivity contribution >= 4 is 33.7 Å². The molecule has 4 aliphatic rings. The number of rotatable bonds is 7. The second-order valence-corrected chi connectivity index (χ2v) is 9.78. The number of carbonyl (C=O) groups excluding carboxylic acids is 3. The van der Waals surface area contributed by atoms with Crippen molar-refractivity contribution in [2.24, 2.45) is 17.3 Å². The van der Waals surface area contributed by atoms with Gasteiger partial charge in [0.1, 0.15) is 0 Å². The lowest BCUT2D eigenvalue weighted by atomic mass is 9.49. The van der Waals surface area contributed by atoms with Crippen molar-refractivity contribution in [1.29, 1.82) is 0 Å². The Morgan fingerprint density at radius 2 is 1.76 bits per heavy atom. The molecule has 0 aliphatic heterocycles. The van der Waals surface area contributed by atoms with E-state index in [1.807, 2.05) is 6.92 Å². The predicted octanol–water partition coefficient (Wildman–Crippen LogP) is 1.91. The first kappa shape index (κ1) is 18.7. The van der Waals surface area contributed by atoms with Crippen LogP contribution in [0.2, 0.25) is 0 Å². The molecule has 4 fully saturated rings. The summed E-state index contributed by atoms with van der Waals surface area (Å²) in [5.74, 6) is 0.270. The molecule has 0 aromatic heterocycles. The number of ether oxygens (including phenoxy) is 1. The Morgan fingerprint density at radius 1 is 1.08 bits per heavy atom. The van der Waals surface area contributed by atoms with Gasteiger partial charge < -0.3 is 15.4 Å². The van der Waals surface area contributed by atoms with E-state index in [2.05, 4.69) is 26.6 Å². The number of nitrogens with one attached hydrogen (secondary N) is 2. The summed E-state index contributed by atoms with van der Waals surface area (Å²) in [5, 5.41) is 5.17. The summed E-state index contributed by atoms with van der Waals surface area (Å²) >= 11 is 3.87. The van der Waals surface area contributed by atoms with Crippen molar-refractivity contribution < 1.29 is 19.1 Å². The predicted molar refractivity (Wildman–Crippen MR) is 96.0 cm³/mol. The first-order valence-corrected chi connectivity index (χ1v) is 10.0. The fraction of sp³-hybridized carbons (Fsp3) is 0.833. The average molecular weight is 415 g/mol. The maximum atomic E-state index is 12.7. The summed E-state index contributed by atoms with van der Waals surface area (Å²) in [6.45, 7) is 2.14. The highest BCUT2D eigenvalue weighted by Gasteiger charge is 2.60. The third-order valence-corrected chi connectivity index (χ3v) is 6.70. The van der Waals surface area contributed by atoms with Gasteiger partial charge in [0, 0.05) is 10.9 Å². The van der Waals surface area contributed by atoms with Crippen molar-refractivity contribution in [1.82, 2.24) is 10.6 Å². The third-order valence-electron chi connectivity index (χ3n) is 5.78. The molecule has 4 bridgehead atoms. The van der Waals surface area contributed by atoms with E-state index in [1.54, 1.807) is 0 Å². The molecule has 140 valence electrons. The highest BCUT2D eigenvalue weighted by Crippen LogP contribution is 2.64. The first-order chi connectivity index (χ1) is 11.8. The van der Waals surface area contributed by atoms with Gasteiger partial charge in [-0.3, -0.25) is 14.4 Å². The Morgan fingerprint density at radius 3 is 2.36 bits per heavy atom. The molecule has 4 atom stereocenters. The number of amides is 2. The monoisotopic (exact) mass is 414 g/mol. The normalized spacial score (nSPS) is 35.3. The Hall–Kier alpha value is -1.11. The Bertz CT molecular complexity index is 551. The molecule has 4 rings (SSSR count). The first-order valence-electron chi connectivity index (χ1n) is 9.24. The maximum Gasteiger partial charge on any atom is 0.312 e. The maximum absolute atomic E-state index is 12.7. The quantitative estimate of drug-likeness (QED) is 0.492. The Balaban J connectivity index is 1.46. The molecule has 2 N–H and O–H groups in total. The van der Waals surface area contributed by atoms with Gasteiger partial charge in [-0.15, -0.1) is 0 Å². The SMILES string of the molecule is CCCNC(=O)CNC(=O)COC(=O)C12C[C@@H]3C[C@@H](CC(Br)(C3)C1)C2. The summed E-state index contributed by atoms with van der Waals surface area (Å²) in [4.78, 5) is 36.0. The van der Waals surface area contributed by atoms with Crippen LogP contribution >= 0.6 is 15.9 Å². The van der Waals surface area contributed by atoms with Crippen LogP contribution in [0.1, 0.15) is 51.9 Å². The molecule has 0 aromatic carbocycles. The number of carbonyl (C=O) groups is 3. The second kappa shape index (κ2) is 7.25. The van der Waals surface area contributed by atoms with Crippen LogP contribution in [0.15, 0.2) is 0 Å². The summed E-state index contributed by atoms with van der Waals surface area (Å²) in [6, 6.07) is 0. The minimum absolute atomic E-state index is 0.0791. The number of alkyl halides is 1. The van der Waals surface area contributed by atoms with Crippen LogP contribution in [-0.2, 0) is 19.1 Å². The van der Waals surface area contributed by atoms with Gasteiger partial charge in [-0.05, 0) is 56.8 Å². The lowest BCUT2D eigenvalue weighted by Crippen LogP contribution is -2.56. The fourth-order valence-electron chi connectivity index (χ4n) is 5.23. The van der Waals surface area contributed by atoms with Crippen LogP contribution in [0.3, 0.4) is 0 Å². The fourth-order valence-corrected chi connectivity index (χ4v) is 6.68. The van der Waals surface area contributed by atoms with Gasteiger partial charge in [0.05, 0.1) is 12.0 Å². The van der Waals surface area contributed by atoms with Gasteiger partial charge in [0.15, 0.2) is 6.61 Å². The molecule has 0 aromatic rings. The molecule has 4 aliphatic carbocycles. The van der Waals surface area contributed by atoms with Crippen LogP contribution in [-0.4, -0.2) is 41.8 Å². The number of esters is 1. The lowest BCUT2D eigenvalue weighted by molar-refractivity contribution is -0.171. The zero-order valence-electron chi connectivity index (χ0n) is 14.7. The summed E-state index contributed by atoms with van der Waals surface area (Å²) in [7, 11) is 0. The Kier molecular flexibility index (Phi) is 5.42. The van der Waals surface area contributed by atoms with E-state index in [0.29, 0.717) is 18.4 Å². The van der Waals surface area contributed by atoms with Crippen molar-refractivity contribution in [2.75, 3.05) is 19.7 Å². The summed E-state index contributed by atoms with van der Waals surface area (Å²) in [6.07, 6.45) is 6.93. The van der Waals surface area contributed by atoms with Crippen molar-refractivity contribution in [2.45, 2.75) is 56.2 Å². The Labute approximate surface area is 156 Å². The van der Waals surface area contributed by atoms with Crippen LogP contribution < -0.4 is 10.6 Å². The average Bonchev–Trinajstić information content (AvgIpc) is 2.53. The highest BCUT2D eigenvalue weighted by molar-refractivity contribution is 9.10. The van der Waals surface area contributed by atoms with Crippen LogP contribution in [0.25, 0.3) is 0 Å². The van der Waals surface area contributed by atoms with Crippen LogP contribution in [0.5, 0.6) is 0 Å². The molecule has 2 unspecified atom stereocenters. The molecule has 2 amide bonds. The number of hydrogen-bond donors (Lipinski definition) is 2. The molecule has 0 spiro atoms. The second-order valence-electron chi connectivity index (χ2n) is 8.10. The van der Waals surface area contributed by atoms with E-state index in [-0.39, 0.29) is 29.4 Å². The van der Waals surface area contributed by atoms with E-state index in [4.69, 9.17) is 4.74 Å². The van der Waals surface area contributed by atoms with E-state index in [1.165, 1.54) is 6.42 Å². The van der Waals surface area contributed by atoms with Gasteiger partial charge >= 0.3 is 5.97 Å². The van der Waals surface area contributed by atoms with Gasteiger partial charge in [0.2, 0.25) is 5.91 Å². The highest BCUT2D eigenvalue weighted by atomic mass is 79.9. The molecule has 25 heavy (non-hydrogen) atoms. The van der Waals surface area contributed by atoms with E-state index in [9.17, 15) is 14.4 Å². The van der Waals surface area contributed by atoms with Crippen LogP contribution in [0.4, 0.5) is 0 Å². The molecule has 4 saturated carbocycles. The number of hydrogen-bond acceptors (Lipinski definition) is 4.